The van der Waals surface area contributed by atoms with Gasteiger partial charge in [0.15, 0.2) is 17.7 Å². The number of methoxy groups -OCH3 is 2. The maximum atomic E-state index is 6.48. The Labute approximate surface area is 167 Å². The zero-order chi connectivity index (χ0) is 18.8. The van der Waals surface area contributed by atoms with E-state index in [0.29, 0.717) is 11.5 Å². The Hall–Kier alpha value is -2.50. The summed E-state index contributed by atoms with van der Waals surface area (Å²) in [5, 5.41) is 3.49. The van der Waals surface area contributed by atoms with E-state index < -0.39 is 0 Å². The second-order valence-corrected chi connectivity index (χ2v) is 7.21. The number of hydrogen-bond donors (Lipinski definition) is 1. The summed E-state index contributed by atoms with van der Waals surface area (Å²) in [7, 11) is 3.27. The van der Waals surface area contributed by atoms with Crippen LogP contribution in [0.25, 0.3) is 0 Å². The smallest absolute Gasteiger partial charge is 0.161 e. The molecule has 1 N–H and O–H groups in total. The van der Waals surface area contributed by atoms with E-state index in [-0.39, 0.29) is 12.3 Å². The second kappa shape index (κ2) is 7.62. The van der Waals surface area contributed by atoms with Crippen molar-refractivity contribution >= 4 is 21.6 Å². The summed E-state index contributed by atoms with van der Waals surface area (Å²) in [6.07, 6.45) is -0.471. The van der Waals surface area contributed by atoms with Crippen LogP contribution >= 0.6 is 15.9 Å². The standard InChI is InChI=1S/C22H20BrNO3/c1-25-19-11-8-15(12-20(19)26-2)22-24-18-10-9-16(23)13-17(18)21(27-22)14-6-4-3-5-7-14/h3-13,21-22,24H,1-2H3/t21-,22-/m1/s1. The van der Waals surface area contributed by atoms with Crippen molar-refractivity contribution in [2.75, 3.05) is 19.5 Å². The summed E-state index contributed by atoms with van der Waals surface area (Å²) in [6, 6.07) is 22.3. The molecule has 0 aromatic heterocycles. The molecule has 0 saturated heterocycles. The van der Waals surface area contributed by atoms with E-state index in [2.05, 4.69) is 45.5 Å². The molecule has 138 valence electrons. The van der Waals surface area contributed by atoms with Crippen LogP contribution in [-0.2, 0) is 4.74 Å². The lowest BCUT2D eigenvalue weighted by Gasteiger charge is -2.34. The van der Waals surface area contributed by atoms with Crippen LogP contribution in [0, 0.1) is 0 Å². The maximum absolute atomic E-state index is 6.48. The van der Waals surface area contributed by atoms with Crippen molar-refractivity contribution in [3.63, 3.8) is 0 Å². The fourth-order valence-corrected chi connectivity index (χ4v) is 3.71. The lowest BCUT2D eigenvalue weighted by molar-refractivity contribution is 0.0156. The van der Waals surface area contributed by atoms with Crippen LogP contribution in [0.1, 0.15) is 29.0 Å². The van der Waals surface area contributed by atoms with Gasteiger partial charge in [-0.3, -0.25) is 0 Å². The third-order valence-electron chi connectivity index (χ3n) is 4.67. The number of nitrogens with one attached hydrogen (secondary N) is 1. The van der Waals surface area contributed by atoms with Gasteiger partial charge in [0, 0.05) is 21.3 Å². The molecule has 0 aliphatic carbocycles. The SMILES string of the molecule is COc1ccc([C@@H]2Nc3ccc(Br)cc3[C@@H](c3ccccc3)O2)cc1OC. The molecule has 4 nitrogen and oxygen atoms in total. The van der Waals surface area contributed by atoms with Crippen LogP contribution in [0.5, 0.6) is 11.5 Å². The van der Waals surface area contributed by atoms with E-state index in [0.717, 1.165) is 26.9 Å². The monoisotopic (exact) mass is 425 g/mol. The Morgan fingerprint density at radius 1 is 0.852 bits per heavy atom. The van der Waals surface area contributed by atoms with Crippen LogP contribution in [0.4, 0.5) is 5.69 Å². The van der Waals surface area contributed by atoms with Gasteiger partial charge in [-0.15, -0.1) is 0 Å². The molecule has 2 atom stereocenters. The highest BCUT2D eigenvalue weighted by Crippen LogP contribution is 2.43. The van der Waals surface area contributed by atoms with Crippen molar-refractivity contribution in [3.8, 4) is 11.5 Å². The van der Waals surface area contributed by atoms with Crippen molar-refractivity contribution in [1.82, 2.24) is 0 Å². The van der Waals surface area contributed by atoms with Gasteiger partial charge in [0.2, 0.25) is 0 Å². The van der Waals surface area contributed by atoms with Crippen molar-refractivity contribution in [2.45, 2.75) is 12.3 Å². The maximum Gasteiger partial charge on any atom is 0.161 e. The Morgan fingerprint density at radius 3 is 2.37 bits per heavy atom. The molecule has 0 unspecified atom stereocenters. The lowest BCUT2D eigenvalue weighted by atomic mass is 9.97. The van der Waals surface area contributed by atoms with E-state index in [1.54, 1.807) is 14.2 Å². The Kier molecular flexibility index (Phi) is 5.05. The molecule has 0 saturated carbocycles. The fourth-order valence-electron chi connectivity index (χ4n) is 3.33. The normalized spacial score (nSPS) is 18.3. The summed E-state index contributed by atoms with van der Waals surface area (Å²) in [4.78, 5) is 0. The van der Waals surface area contributed by atoms with Crippen LogP contribution in [-0.4, -0.2) is 14.2 Å². The lowest BCUT2D eigenvalue weighted by Crippen LogP contribution is -2.25. The molecule has 1 heterocycles. The highest BCUT2D eigenvalue weighted by Gasteiger charge is 2.30. The van der Waals surface area contributed by atoms with Gasteiger partial charge in [-0.1, -0.05) is 52.3 Å². The summed E-state index contributed by atoms with van der Waals surface area (Å²) < 4.78 is 18.3. The van der Waals surface area contributed by atoms with Gasteiger partial charge in [-0.25, -0.2) is 0 Å². The molecule has 0 spiro atoms. The van der Waals surface area contributed by atoms with E-state index >= 15 is 0 Å². The second-order valence-electron chi connectivity index (χ2n) is 6.30. The summed E-state index contributed by atoms with van der Waals surface area (Å²) in [5.41, 5.74) is 4.25. The molecule has 3 aromatic carbocycles. The Morgan fingerprint density at radius 2 is 1.63 bits per heavy atom. The summed E-state index contributed by atoms with van der Waals surface area (Å²) >= 11 is 3.57. The highest BCUT2D eigenvalue weighted by atomic mass is 79.9. The topological polar surface area (TPSA) is 39.7 Å². The van der Waals surface area contributed by atoms with Crippen LogP contribution in [0.2, 0.25) is 0 Å². The number of rotatable bonds is 4. The first-order chi connectivity index (χ1) is 13.2. The molecule has 0 bridgehead atoms. The molecule has 4 rings (SSSR count). The molecule has 1 aliphatic rings. The molecule has 0 radical (unpaired) electrons. The zero-order valence-corrected chi connectivity index (χ0v) is 16.7. The number of fused-ring (bicyclic) bond motifs is 1. The molecular formula is C22H20BrNO3. The fraction of sp³-hybridized carbons (Fsp3) is 0.182. The van der Waals surface area contributed by atoms with Gasteiger partial charge < -0.3 is 19.5 Å². The average molecular weight is 426 g/mol. The van der Waals surface area contributed by atoms with E-state index in [1.165, 1.54) is 0 Å². The first-order valence-corrected chi connectivity index (χ1v) is 9.47. The van der Waals surface area contributed by atoms with Gasteiger partial charge in [-0.2, -0.15) is 0 Å². The predicted octanol–water partition coefficient (Wildman–Crippen LogP) is 5.70. The zero-order valence-electron chi connectivity index (χ0n) is 15.1. The van der Waals surface area contributed by atoms with Gasteiger partial charge in [0.05, 0.1) is 14.2 Å². The van der Waals surface area contributed by atoms with Crippen LogP contribution in [0.15, 0.2) is 71.2 Å². The van der Waals surface area contributed by atoms with E-state index in [4.69, 9.17) is 14.2 Å². The van der Waals surface area contributed by atoms with E-state index in [1.807, 2.05) is 42.5 Å². The first kappa shape index (κ1) is 17.9. The number of benzene rings is 3. The average Bonchev–Trinajstić information content (AvgIpc) is 2.73. The molecular weight excluding hydrogens is 406 g/mol. The minimum atomic E-state index is -0.302. The van der Waals surface area contributed by atoms with Crippen LogP contribution < -0.4 is 14.8 Å². The molecule has 27 heavy (non-hydrogen) atoms. The predicted molar refractivity (Wildman–Crippen MR) is 109 cm³/mol. The van der Waals surface area contributed by atoms with Crippen molar-refractivity contribution < 1.29 is 14.2 Å². The number of anilines is 1. The molecule has 5 heteroatoms. The Balaban J connectivity index is 1.76. The van der Waals surface area contributed by atoms with Gasteiger partial charge in [0.1, 0.15) is 6.10 Å². The van der Waals surface area contributed by atoms with Crippen LogP contribution in [0.3, 0.4) is 0 Å². The molecule has 0 amide bonds. The molecule has 0 fully saturated rings. The minimum absolute atomic E-state index is 0.168. The largest absolute Gasteiger partial charge is 0.493 e. The van der Waals surface area contributed by atoms with Gasteiger partial charge >= 0.3 is 0 Å². The molecule has 1 aliphatic heterocycles. The quantitative estimate of drug-likeness (QED) is 0.581. The molecule has 3 aromatic rings. The number of halogens is 1. The summed E-state index contributed by atoms with van der Waals surface area (Å²) in [5.74, 6) is 1.37. The number of ether oxygens (including phenoxy) is 3. The Bertz CT molecular complexity index is 946. The van der Waals surface area contributed by atoms with Crippen molar-refractivity contribution in [1.29, 1.82) is 0 Å². The van der Waals surface area contributed by atoms with Gasteiger partial charge in [0.25, 0.3) is 0 Å². The third-order valence-corrected chi connectivity index (χ3v) is 5.16. The number of hydrogen-bond acceptors (Lipinski definition) is 4. The minimum Gasteiger partial charge on any atom is -0.493 e. The van der Waals surface area contributed by atoms with E-state index in [9.17, 15) is 0 Å². The van der Waals surface area contributed by atoms with Crippen molar-refractivity contribution in [3.05, 3.63) is 87.9 Å². The first-order valence-electron chi connectivity index (χ1n) is 8.68. The summed E-state index contributed by atoms with van der Waals surface area (Å²) in [6.45, 7) is 0. The highest BCUT2D eigenvalue weighted by molar-refractivity contribution is 9.10. The third kappa shape index (κ3) is 3.53. The van der Waals surface area contributed by atoms with Crippen molar-refractivity contribution in [2.24, 2.45) is 0 Å². The van der Waals surface area contributed by atoms with Gasteiger partial charge in [-0.05, 0) is 35.9 Å².